The first-order chi connectivity index (χ1) is 10.7. The van der Waals surface area contributed by atoms with Gasteiger partial charge in [0.2, 0.25) is 0 Å². The molecule has 2 rings (SSSR count). The van der Waals surface area contributed by atoms with Crippen molar-refractivity contribution in [1.82, 2.24) is 0 Å². The zero-order valence-electron chi connectivity index (χ0n) is 12.8. The number of Topliss-reactive ketones (excluding diaryl/α,β-unsaturated/α-hetero) is 1. The van der Waals surface area contributed by atoms with E-state index in [0.717, 1.165) is 24.3 Å². The number of hydrogen-bond donors (Lipinski definition) is 0. The third kappa shape index (κ3) is 3.94. The molecule has 0 amide bonds. The average molecular weight is 324 g/mol. The first-order valence-electron chi connectivity index (χ1n) is 7.30. The predicted octanol–water partition coefficient (Wildman–Crippen LogP) is 2.72. The van der Waals surface area contributed by atoms with Gasteiger partial charge in [-0.25, -0.2) is 4.79 Å². The highest BCUT2D eigenvalue weighted by Crippen LogP contribution is 2.34. The van der Waals surface area contributed by atoms with E-state index in [4.69, 9.17) is 14.2 Å². The molecule has 0 aromatic heterocycles. The second-order valence-electron chi connectivity index (χ2n) is 4.84. The Morgan fingerprint density at radius 3 is 2.82 bits per heavy atom. The Hall–Kier alpha value is -1.69. The van der Waals surface area contributed by atoms with E-state index in [9.17, 15) is 9.59 Å². The molecule has 1 aliphatic rings. The SMILES string of the molecule is CCOC(=O)C(=O)c1cccc(OC)c1OC1CCCSC1. The summed E-state index contributed by atoms with van der Waals surface area (Å²) >= 11 is 1.82. The molecule has 0 saturated carbocycles. The lowest BCUT2D eigenvalue weighted by Gasteiger charge is -2.24. The van der Waals surface area contributed by atoms with E-state index in [1.807, 2.05) is 11.8 Å². The minimum Gasteiger partial charge on any atom is -0.493 e. The Morgan fingerprint density at radius 1 is 1.36 bits per heavy atom. The number of carbonyl (C=O) groups is 2. The largest absolute Gasteiger partial charge is 0.493 e. The van der Waals surface area contributed by atoms with Gasteiger partial charge in [-0.15, -0.1) is 0 Å². The molecule has 0 spiro atoms. The van der Waals surface area contributed by atoms with Gasteiger partial charge in [-0.1, -0.05) is 6.07 Å². The summed E-state index contributed by atoms with van der Waals surface area (Å²) in [7, 11) is 1.51. The van der Waals surface area contributed by atoms with Gasteiger partial charge < -0.3 is 14.2 Å². The van der Waals surface area contributed by atoms with Crippen molar-refractivity contribution in [3.63, 3.8) is 0 Å². The fourth-order valence-electron chi connectivity index (χ4n) is 2.25. The van der Waals surface area contributed by atoms with Gasteiger partial charge in [0.1, 0.15) is 6.10 Å². The van der Waals surface area contributed by atoms with Crippen LogP contribution in [-0.2, 0) is 9.53 Å². The number of methoxy groups -OCH3 is 1. The molecule has 1 aromatic carbocycles. The standard InChI is InChI=1S/C16H20O5S/c1-3-20-16(18)14(17)12-7-4-8-13(19-2)15(12)21-11-6-5-9-22-10-11/h4,7-8,11H,3,5-6,9-10H2,1-2H3. The second-order valence-corrected chi connectivity index (χ2v) is 5.99. The highest BCUT2D eigenvalue weighted by molar-refractivity contribution is 7.99. The Morgan fingerprint density at radius 2 is 2.18 bits per heavy atom. The molecule has 22 heavy (non-hydrogen) atoms. The normalized spacial score (nSPS) is 17.6. The van der Waals surface area contributed by atoms with Crippen molar-refractivity contribution >= 4 is 23.5 Å². The van der Waals surface area contributed by atoms with E-state index in [-0.39, 0.29) is 18.3 Å². The molecular weight excluding hydrogens is 304 g/mol. The molecule has 1 atom stereocenters. The quantitative estimate of drug-likeness (QED) is 0.455. The van der Waals surface area contributed by atoms with E-state index in [2.05, 4.69) is 0 Å². The number of benzene rings is 1. The van der Waals surface area contributed by atoms with Crippen LogP contribution in [0.2, 0.25) is 0 Å². The lowest BCUT2D eigenvalue weighted by Crippen LogP contribution is -2.25. The summed E-state index contributed by atoms with van der Waals surface area (Å²) in [6.45, 7) is 1.82. The molecule has 0 bridgehead atoms. The first-order valence-corrected chi connectivity index (χ1v) is 8.45. The van der Waals surface area contributed by atoms with Gasteiger partial charge in [0.05, 0.1) is 19.3 Å². The lowest BCUT2D eigenvalue weighted by atomic mass is 10.1. The number of ether oxygens (including phenoxy) is 3. The van der Waals surface area contributed by atoms with Crippen molar-refractivity contribution in [1.29, 1.82) is 0 Å². The van der Waals surface area contributed by atoms with E-state index in [0.29, 0.717) is 11.5 Å². The van der Waals surface area contributed by atoms with Crippen LogP contribution in [0.4, 0.5) is 0 Å². The van der Waals surface area contributed by atoms with Crippen LogP contribution in [0.5, 0.6) is 11.5 Å². The van der Waals surface area contributed by atoms with Crippen LogP contribution in [0, 0.1) is 0 Å². The van der Waals surface area contributed by atoms with Crippen molar-refractivity contribution < 1.29 is 23.8 Å². The van der Waals surface area contributed by atoms with Gasteiger partial charge in [-0.05, 0) is 37.7 Å². The minimum atomic E-state index is -0.876. The molecule has 0 N–H and O–H groups in total. The number of rotatable bonds is 6. The van der Waals surface area contributed by atoms with Crippen LogP contribution in [0.25, 0.3) is 0 Å². The Bertz CT molecular complexity index is 537. The fraction of sp³-hybridized carbons (Fsp3) is 0.500. The summed E-state index contributed by atoms with van der Waals surface area (Å²) in [6, 6.07) is 4.94. The molecule has 1 heterocycles. The summed E-state index contributed by atoms with van der Waals surface area (Å²) in [5.41, 5.74) is 0.188. The lowest BCUT2D eigenvalue weighted by molar-refractivity contribution is -0.137. The Kier molecular flexibility index (Phi) is 6.12. The number of ketones is 1. The first kappa shape index (κ1) is 16.7. The maximum Gasteiger partial charge on any atom is 0.379 e. The number of carbonyl (C=O) groups excluding carboxylic acids is 2. The number of hydrogen-bond acceptors (Lipinski definition) is 6. The highest BCUT2D eigenvalue weighted by Gasteiger charge is 2.26. The maximum atomic E-state index is 12.2. The summed E-state index contributed by atoms with van der Waals surface area (Å²) in [4.78, 5) is 24.0. The van der Waals surface area contributed by atoms with Gasteiger partial charge in [-0.3, -0.25) is 4.79 Å². The molecule has 5 nitrogen and oxygen atoms in total. The molecular formula is C16H20O5S. The van der Waals surface area contributed by atoms with Crippen LogP contribution in [0.15, 0.2) is 18.2 Å². The van der Waals surface area contributed by atoms with Gasteiger partial charge >= 0.3 is 5.97 Å². The van der Waals surface area contributed by atoms with Crippen LogP contribution < -0.4 is 9.47 Å². The van der Waals surface area contributed by atoms with E-state index in [1.165, 1.54) is 7.11 Å². The van der Waals surface area contributed by atoms with E-state index >= 15 is 0 Å². The van der Waals surface area contributed by atoms with Crippen molar-refractivity contribution in [3.8, 4) is 11.5 Å². The third-order valence-corrected chi connectivity index (χ3v) is 4.49. The van der Waals surface area contributed by atoms with Crippen molar-refractivity contribution in [2.75, 3.05) is 25.2 Å². The summed E-state index contributed by atoms with van der Waals surface area (Å²) in [5, 5.41) is 0. The zero-order chi connectivity index (χ0) is 15.9. The van der Waals surface area contributed by atoms with Gasteiger partial charge in [-0.2, -0.15) is 11.8 Å². The molecule has 1 aliphatic heterocycles. The fourth-order valence-corrected chi connectivity index (χ4v) is 3.29. The summed E-state index contributed by atoms with van der Waals surface area (Å²) in [6.07, 6.45) is 2.02. The smallest absolute Gasteiger partial charge is 0.379 e. The van der Waals surface area contributed by atoms with Crippen LogP contribution in [0.1, 0.15) is 30.1 Å². The maximum absolute atomic E-state index is 12.2. The van der Waals surface area contributed by atoms with Crippen LogP contribution >= 0.6 is 11.8 Å². The molecule has 6 heteroatoms. The zero-order valence-corrected chi connectivity index (χ0v) is 13.6. The molecule has 120 valence electrons. The molecule has 1 aromatic rings. The molecule has 0 aliphatic carbocycles. The van der Waals surface area contributed by atoms with Crippen LogP contribution in [-0.4, -0.2) is 43.1 Å². The van der Waals surface area contributed by atoms with E-state index in [1.54, 1.807) is 25.1 Å². The van der Waals surface area contributed by atoms with E-state index < -0.39 is 11.8 Å². The third-order valence-electron chi connectivity index (χ3n) is 3.31. The molecule has 1 saturated heterocycles. The highest BCUT2D eigenvalue weighted by atomic mass is 32.2. The average Bonchev–Trinajstić information content (AvgIpc) is 2.55. The topological polar surface area (TPSA) is 61.8 Å². The molecule has 1 unspecified atom stereocenters. The Labute approximate surface area is 134 Å². The predicted molar refractivity (Wildman–Crippen MR) is 84.9 cm³/mol. The van der Waals surface area contributed by atoms with Gasteiger partial charge in [0, 0.05) is 5.75 Å². The second kappa shape index (κ2) is 8.08. The van der Waals surface area contributed by atoms with Crippen molar-refractivity contribution in [3.05, 3.63) is 23.8 Å². The van der Waals surface area contributed by atoms with Crippen molar-refractivity contribution in [2.24, 2.45) is 0 Å². The number of para-hydroxylation sites is 1. The van der Waals surface area contributed by atoms with Crippen LogP contribution in [0.3, 0.4) is 0 Å². The Balaban J connectivity index is 2.28. The van der Waals surface area contributed by atoms with Crippen molar-refractivity contribution in [2.45, 2.75) is 25.9 Å². The number of thioether (sulfide) groups is 1. The molecule has 1 fully saturated rings. The number of esters is 1. The monoisotopic (exact) mass is 324 g/mol. The minimum absolute atomic E-state index is 0.0174. The summed E-state index contributed by atoms with van der Waals surface area (Å²) in [5.74, 6) is 1.19. The molecule has 0 radical (unpaired) electrons. The summed E-state index contributed by atoms with van der Waals surface area (Å²) < 4.78 is 16.1. The van der Waals surface area contributed by atoms with Gasteiger partial charge in [0.25, 0.3) is 5.78 Å². The van der Waals surface area contributed by atoms with Gasteiger partial charge in [0.15, 0.2) is 11.5 Å².